The zero-order valence-corrected chi connectivity index (χ0v) is 22.4. The average molecular weight is 530 g/mol. The van der Waals surface area contributed by atoms with Crippen LogP contribution in [0.4, 0.5) is 4.39 Å². The van der Waals surface area contributed by atoms with Crippen LogP contribution in [-0.4, -0.2) is 40.9 Å². The normalized spacial score (nSPS) is 17.9. The van der Waals surface area contributed by atoms with Crippen LogP contribution in [0.3, 0.4) is 0 Å². The van der Waals surface area contributed by atoms with Crippen molar-refractivity contribution >= 4 is 11.8 Å². The van der Waals surface area contributed by atoms with Crippen LogP contribution in [-0.2, 0) is 22.4 Å². The highest BCUT2D eigenvalue weighted by atomic mass is 19.1. The van der Waals surface area contributed by atoms with Crippen LogP contribution in [0, 0.1) is 11.7 Å². The van der Waals surface area contributed by atoms with Crippen LogP contribution in [0.5, 0.6) is 5.75 Å². The molecule has 1 aromatic heterocycles. The van der Waals surface area contributed by atoms with E-state index in [2.05, 4.69) is 10.3 Å². The number of carbonyl (C=O) groups is 2. The highest BCUT2D eigenvalue weighted by Crippen LogP contribution is 2.40. The molecule has 6 nitrogen and oxygen atoms in total. The molecule has 0 radical (unpaired) electrons. The Balaban J connectivity index is 1.35. The van der Waals surface area contributed by atoms with Crippen LogP contribution >= 0.6 is 0 Å². The third-order valence-corrected chi connectivity index (χ3v) is 7.87. The Morgan fingerprint density at radius 2 is 1.90 bits per heavy atom. The van der Waals surface area contributed by atoms with E-state index >= 15 is 0 Å². The summed E-state index contributed by atoms with van der Waals surface area (Å²) in [5, 5.41) is 2.97. The number of pyridine rings is 1. The van der Waals surface area contributed by atoms with Gasteiger partial charge in [0.2, 0.25) is 5.91 Å². The van der Waals surface area contributed by atoms with Crippen molar-refractivity contribution in [2.24, 2.45) is 5.92 Å². The Morgan fingerprint density at radius 1 is 1.10 bits per heavy atom. The Labute approximate surface area is 229 Å². The summed E-state index contributed by atoms with van der Waals surface area (Å²) in [5.41, 5.74) is 3.91. The molecule has 0 bridgehead atoms. The number of aromatic nitrogens is 1. The number of rotatable bonds is 9. The molecule has 7 heteroatoms. The van der Waals surface area contributed by atoms with E-state index in [9.17, 15) is 14.0 Å². The number of nitrogens with one attached hydrogen (secondary N) is 1. The van der Waals surface area contributed by atoms with Crippen molar-refractivity contribution < 1.29 is 18.7 Å². The van der Waals surface area contributed by atoms with Gasteiger partial charge in [0.1, 0.15) is 11.6 Å². The maximum Gasteiger partial charge on any atom is 0.261 e. The molecule has 2 aliphatic rings. The Bertz CT molecular complexity index is 1280. The largest absolute Gasteiger partial charge is 0.481 e. The summed E-state index contributed by atoms with van der Waals surface area (Å²) in [5.74, 6) is 0.341. The highest BCUT2D eigenvalue weighted by Gasteiger charge is 2.36. The Hall–Kier alpha value is -3.74. The van der Waals surface area contributed by atoms with Crippen LogP contribution in [0.1, 0.15) is 67.5 Å². The van der Waals surface area contributed by atoms with Crippen molar-refractivity contribution in [1.82, 2.24) is 15.2 Å². The van der Waals surface area contributed by atoms with Gasteiger partial charge in [-0.25, -0.2) is 4.39 Å². The number of benzene rings is 2. The lowest BCUT2D eigenvalue weighted by Crippen LogP contribution is -2.43. The Morgan fingerprint density at radius 3 is 2.62 bits per heavy atom. The zero-order chi connectivity index (χ0) is 27.2. The third-order valence-electron chi connectivity index (χ3n) is 7.87. The molecule has 1 N–H and O–H groups in total. The molecule has 0 spiro atoms. The van der Waals surface area contributed by atoms with Crippen LogP contribution < -0.4 is 10.1 Å². The molecule has 1 fully saturated rings. The molecule has 0 saturated heterocycles. The predicted octanol–water partition coefficient (Wildman–Crippen LogP) is 5.40. The van der Waals surface area contributed by atoms with Gasteiger partial charge in [0.25, 0.3) is 5.91 Å². The quantitative estimate of drug-likeness (QED) is 0.403. The van der Waals surface area contributed by atoms with Crippen molar-refractivity contribution in [3.8, 4) is 5.75 Å². The maximum absolute atomic E-state index is 13.8. The minimum Gasteiger partial charge on any atom is -0.481 e. The minimum absolute atomic E-state index is 0.0492. The number of hydrogen-bond donors (Lipinski definition) is 1. The molecule has 39 heavy (non-hydrogen) atoms. The first-order chi connectivity index (χ1) is 19.0. The molecule has 2 aromatic carbocycles. The summed E-state index contributed by atoms with van der Waals surface area (Å²) in [7, 11) is 0. The fourth-order valence-corrected chi connectivity index (χ4v) is 5.78. The van der Waals surface area contributed by atoms with E-state index < -0.39 is 6.10 Å². The summed E-state index contributed by atoms with van der Waals surface area (Å²) in [6.07, 6.45) is 7.03. The van der Waals surface area contributed by atoms with E-state index in [1.54, 1.807) is 18.3 Å². The molecule has 2 atom stereocenters. The maximum atomic E-state index is 13.8. The summed E-state index contributed by atoms with van der Waals surface area (Å²) >= 11 is 0. The zero-order valence-electron chi connectivity index (χ0n) is 22.4. The molecule has 5 rings (SSSR count). The van der Waals surface area contributed by atoms with E-state index in [4.69, 9.17) is 4.74 Å². The summed E-state index contributed by atoms with van der Waals surface area (Å²) in [4.78, 5) is 32.8. The van der Waals surface area contributed by atoms with Gasteiger partial charge in [-0.15, -0.1) is 0 Å². The van der Waals surface area contributed by atoms with Gasteiger partial charge >= 0.3 is 0 Å². The van der Waals surface area contributed by atoms with Gasteiger partial charge in [0.15, 0.2) is 6.10 Å². The van der Waals surface area contributed by atoms with Gasteiger partial charge in [-0.2, -0.15) is 0 Å². The lowest BCUT2D eigenvalue weighted by atomic mass is 9.87. The van der Waals surface area contributed by atoms with Crippen molar-refractivity contribution in [3.05, 3.63) is 95.1 Å². The second-order valence-corrected chi connectivity index (χ2v) is 10.5. The van der Waals surface area contributed by atoms with E-state index in [1.165, 1.54) is 12.1 Å². The number of halogens is 1. The second-order valence-electron chi connectivity index (χ2n) is 10.5. The van der Waals surface area contributed by atoms with E-state index in [1.807, 2.05) is 48.2 Å². The fraction of sp³-hybridized carbons (Fsp3) is 0.406. The first-order valence-electron chi connectivity index (χ1n) is 14.1. The number of ether oxygens (including phenoxy) is 1. The number of fused-ring (bicyclic) bond motifs is 1. The number of hydrogen-bond acceptors (Lipinski definition) is 4. The summed E-state index contributed by atoms with van der Waals surface area (Å²) in [6, 6.07) is 17.7. The SMILES string of the molecule is CC[C@H](Oc1ccc2c(c1)[C@@H](c1ccc(F)cc1)N(C(=O)C1CCCC1)CC2)C(=O)NCCc1ccccn1. The van der Waals surface area contributed by atoms with Crippen molar-refractivity contribution in [2.45, 2.75) is 64.0 Å². The van der Waals surface area contributed by atoms with E-state index in [0.717, 1.165) is 54.5 Å². The van der Waals surface area contributed by atoms with Gasteiger partial charge in [-0.1, -0.05) is 44.0 Å². The molecule has 0 unspecified atom stereocenters. The van der Waals surface area contributed by atoms with Crippen LogP contribution in [0.2, 0.25) is 0 Å². The monoisotopic (exact) mass is 529 g/mol. The molecule has 3 aromatic rings. The molecule has 204 valence electrons. The van der Waals surface area contributed by atoms with Gasteiger partial charge in [0, 0.05) is 37.3 Å². The van der Waals surface area contributed by atoms with Gasteiger partial charge in [0.05, 0.1) is 6.04 Å². The predicted molar refractivity (Wildman–Crippen MR) is 148 cm³/mol. The number of amides is 2. The smallest absolute Gasteiger partial charge is 0.261 e. The number of nitrogens with zero attached hydrogens (tertiary/aromatic N) is 2. The first-order valence-corrected chi connectivity index (χ1v) is 14.1. The average Bonchev–Trinajstić information content (AvgIpc) is 3.51. The van der Waals surface area contributed by atoms with Gasteiger partial charge in [-0.05, 0) is 78.8 Å². The Kier molecular flexibility index (Phi) is 8.54. The minimum atomic E-state index is -0.643. The fourth-order valence-electron chi connectivity index (χ4n) is 5.78. The molecule has 1 aliphatic carbocycles. The van der Waals surface area contributed by atoms with Crippen molar-refractivity contribution in [2.75, 3.05) is 13.1 Å². The molecule has 1 aliphatic heterocycles. The molecular formula is C32H36FN3O3. The molecule has 2 amide bonds. The van der Waals surface area contributed by atoms with Crippen LogP contribution in [0.25, 0.3) is 0 Å². The molecule has 2 heterocycles. The lowest BCUT2D eigenvalue weighted by molar-refractivity contribution is -0.137. The number of carbonyl (C=O) groups excluding carboxylic acids is 2. The van der Waals surface area contributed by atoms with Gasteiger partial charge in [-0.3, -0.25) is 14.6 Å². The van der Waals surface area contributed by atoms with Gasteiger partial charge < -0.3 is 15.0 Å². The topological polar surface area (TPSA) is 71.5 Å². The summed E-state index contributed by atoms with van der Waals surface area (Å²) < 4.78 is 20.0. The van der Waals surface area contributed by atoms with E-state index in [-0.39, 0.29) is 29.6 Å². The lowest BCUT2D eigenvalue weighted by Gasteiger charge is -2.39. The second kappa shape index (κ2) is 12.4. The standard InChI is InChI=1S/C32H36FN3O3/c1-2-29(31(37)35-19-16-26-9-5-6-18-34-26)39-27-15-12-22-17-20-36(32(38)24-7-3-4-8-24)30(28(22)21-27)23-10-13-25(33)14-11-23/h5-6,9-15,18,21,24,29-30H,2-4,7-8,16-17,19-20H2,1H3,(H,35,37)/t29-,30+/m0/s1. The van der Waals surface area contributed by atoms with E-state index in [0.29, 0.717) is 31.7 Å². The third kappa shape index (κ3) is 6.29. The van der Waals surface area contributed by atoms with Crippen molar-refractivity contribution in [1.29, 1.82) is 0 Å². The highest BCUT2D eigenvalue weighted by molar-refractivity contribution is 5.81. The van der Waals surface area contributed by atoms with Crippen molar-refractivity contribution in [3.63, 3.8) is 0 Å². The van der Waals surface area contributed by atoms with Crippen LogP contribution in [0.15, 0.2) is 66.9 Å². The molecular weight excluding hydrogens is 493 g/mol. The molecule has 1 saturated carbocycles. The summed E-state index contributed by atoms with van der Waals surface area (Å²) in [6.45, 7) is 3.02. The first kappa shape index (κ1) is 26.9.